The number of anilines is 1. The second-order valence-corrected chi connectivity index (χ2v) is 4.94. The largest absolute Gasteiger partial charge is 0.336 e. The molecule has 1 aromatic carbocycles. The Labute approximate surface area is 115 Å². The fraction of sp³-hybridized carbons (Fsp3) is 0.533. The van der Waals surface area contributed by atoms with Gasteiger partial charge in [-0.25, -0.2) is 4.79 Å². The Bertz CT molecular complexity index is 402. The number of benzene rings is 1. The smallest absolute Gasteiger partial charge is 0.319 e. The minimum absolute atomic E-state index is 0.0123. The van der Waals surface area contributed by atoms with Crippen LogP contribution in [-0.2, 0) is 0 Å². The molecule has 0 saturated carbocycles. The van der Waals surface area contributed by atoms with Gasteiger partial charge in [0.15, 0.2) is 0 Å². The van der Waals surface area contributed by atoms with E-state index in [0.29, 0.717) is 12.5 Å². The van der Waals surface area contributed by atoms with Gasteiger partial charge in [0.25, 0.3) is 0 Å². The van der Waals surface area contributed by atoms with Gasteiger partial charge in [0.1, 0.15) is 0 Å². The highest BCUT2D eigenvalue weighted by Crippen LogP contribution is 2.11. The number of urea groups is 1. The molecule has 0 saturated heterocycles. The molecule has 19 heavy (non-hydrogen) atoms. The molecule has 0 radical (unpaired) electrons. The summed E-state index contributed by atoms with van der Waals surface area (Å²) in [7, 11) is 0. The van der Waals surface area contributed by atoms with E-state index in [2.05, 4.69) is 24.5 Å². The van der Waals surface area contributed by atoms with E-state index in [9.17, 15) is 4.79 Å². The van der Waals surface area contributed by atoms with E-state index < -0.39 is 0 Å². The number of carbonyl (C=O) groups is 1. The van der Waals surface area contributed by atoms with E-state index in [1.807, 2.05) is 31.2 Å². The number of carbonyl (C=O) groups excluding carboxylic acids is 1. The fourth-order valence-electron chi connectivity index (χ4n) is 2.17. The first kappa shape index (κ1) is 15.5. The summed E-state index contributed by atoms with van der Waals surface area (Å²) in [5.41, 5.74) is 7.98. The second-order valence-electron chi connectivity index (χ2n) is 4.94. The molecule has 0 aliphatic rings. The number of nitrogens with one attached hydrogen (secondary N) is 2. The maximum absolute atomic E-state index is 11.7. The van der Waals surface area contributed by atoms with E-state index >= 15 is 0 Å². The molecule has 2 amide bonds. The van der Waals surface area contributed by atoms with Gasteiger partial charge in [-0.2, -0.15) is 0 Å². The highest BCUT2D eigenvalue weighted by atomic mass is 16.2. The first-order valence-electron chi connectivity index (χ1n) is 6.93. The molecule has 1 unspecified atom stereocenters. The average molecular weight is 263 g/mol. The molecule has 0 heterocycles. The molecule has 106 valence electrons. The van der Waals surface area contributed by atoms with Crippen molar-refractivity contribution >= 4 is 11.7 Å². The van der Waals surface area contributed by atoms with Crippen molar-refractivity contribution in [1.29, 1.82) is 0 Å². The molecule has 0 aliphatic carbocycles. The summed E-state index contributed by atoms with van der Waals surface area (Å²) in [6.45, 7) is 6.75. The van der Waals surface area contributed by atoms with Gasteiger partial charge in [-0.1, -0.05) is 38.8 Å². The lowest BCUT2D eigenvalue weighted by molar-refractivity contribution is 0.249. The van der Waals surface area contributed by atoms with Gasteiger partial charge >= 0.3 is 6.03 Å². The molecule has 0 bridgehead atoms. The van der Waals surface area contributed by atoms with Crippen LogP contribution in [0.2, 0.25) is 0 Å². The summed E-state index contributed by atoms with van der Waals surface area (Å²) in [6, 6.07) is 7.52. The molecule has 0 aromatic heterocycles. The van der Waals surface area contributed by atoms with Crippen LogP contribution < -0.4 is 16.4 Å². The van der Waals surface area contributed by atoms with Crippen LogP contribution in [-0.4, -0.2) is 18.6 Å². The Morgan fingerprint density at radius 2 is 2.00 bits per heavy atom. The van der Waals surface area contributed by atoms with Gasteiger partial charge < -0.3 is 16.4 Å². The van der Waals surface area contributed by atoms with E-state index in [1.54, 1.807) is 0 Å². The number of hydrogen-bond acceptors (Lipinski definition) is 2. The van der Waals surface area contributed by atoms with E-state index in [-0.39, 0.29) is 12.1 Å². The van der Waals surface area contributed by atoms with Gasteiger partial charge in [-0.15, -0.1) is 0 Å². The molecule has 4 nitrogen and oxygen atoms in total. The fourth-order valence-corrected chi connectivity index (χ4v) is 2.17. The van der Waals surface area contributed by atoms with E-state index in [1.165, 1.54) is 0 Å². The maximum Gasteiger partial charge on any atom is 0.319 e. The Morgan fingerprint density at radius 3 is 2.58 bits per heavy atom. The maximum atomic E-state index is 11.7. The number of hydrogen-bond donors (Lipinski definition) is 3. The van der Waals surface area contributed by atoms with E-state index in [0.717, 1.165) is 24.1 Å². The number of rotatable bonds is 6. The third-order valence-corrected chi connectivity index (χ3v) is 3.43. The molecule has 1 rings (SSSR count). The van der Waals surface area contributed by atoms with Crippen LogP contribution in [0.15, 0.2) is 24.3 Å². The van der Waals surface area contributed by atoms with Gasteiger partial charge in [0.05, 0.1) is 0 Å². The summed E-state index contributed by atoms with van der Waals surface area (Å²) in [4.78, 5) is 11.7. The third-order valence-electron chi connectivity index (χ3n) is 3.43. The Kier molecular flexibility index (Phi) is 6.36. The van der Waals surface area contributed by atoms with Gasteiger partial charge in [0, 0.05) is 18.3 Å². The highest BCUT2D eigenvalue weighted by molar-refractivity contribution is 5.89. The minimum atomic E-state index is -0.202. The zero-order valence-corrected chi connectivity index (χ0v) is 12.1. The topological polar surface area (TPSA) is 67.1 Å². The highest BCUT2D eigenvalue weighted by Gasteiger charge is 2.14. The Hall–Kier alpha value is -1.55. The minimum Gasteiger partial charge on any atom is -0.336 e. The lowest BCUT2D eigenvalue weighted by Gasteiger charge is -2.21. The monoisotopic (exact) mass is 263 g/mol. The van der Waals surface area contributed by atoms with Crippen molar-refractivity contribution in [3.8, 4) is 0 Å². The van der Waals surface area contributed by atoms with Gasteiger partial charge in [-0.05, 0) is 30.5 Å². The summed E-state index contributed by atoms with van der Waals surface area (Å²) in [5.74, 6) is 0.458. The van der Waals surface area contributed by atoms with Gasteiger partial charge in [-0.3, -0.25) is 0 Å². The van der Waals surface area contributed by atoms with Crippen molar-refractivity contribution < 1.29 is 4.79 Å². The molecule has 0 spiro atoms. The van der Waals surface area contributed by atoms with Crippen LogP contribution in [0.4, 0.5) is 10.5 Å². The quantitative estimate of drug-likeness (QED) is 0.738. The molecule has 4 heteroatoms. The van der Waals surface area contributed by atoms with Crippen molar-refractivity contribution in [2.24, 2.45) is 11.7 Å². The molecular weight excluding hydrogens is 238 g/mol. The number of aryl methyl sites for hydroxylation is 1. The zero-order chi connectivity index (χ0) is 14.3. The first-order valence-corrected chi connectivity index (χ1v) is 6.93. The first-order chi connectivity index (χ1) is 9.06. The average Bonchev–Trinajstić information content (AvgIpc) is 2.38. The van der Waals surface area contributed by atoms with Crippen LogP contribution >= 0.6 is 0 Å². The Morgan fingerprint density at radius 1 is 1.32 bits per heavy atom. The summed E-state index contributed by atoms with van der Waals surface area (Å²) < 4.78 is 0. The standard InChI is InChI=1S/C15H25N3O/c1-4-12(5-2)14(16)10-17-15(19)18-13-8-6-7-11(3)9-13/h6-9,12,14H,4-5,10,16H2,1-3H3,(H2,17,18,19). The van der Waals surface area contributed by atoms with Crippen LogP contribution in [0.25, 0.3) is 0 Å². The molecule has 1 aromatic rings. The predicted molar refractivity (Wildman–Crippen MR) is 80.2 cm³/mol. The van der Waals surface area contributed by atoms with Crippen molar-refractivity contribution in [3.63, 3.8) is 0 Å². The molecular formula is C15H25N3O. The van der Waals surface area contributed by atoms with Gasteiger partial charge in [0.2, 0.25) is 0 Å². The van der Waals surface area contributed by atoms with E-state index in [4.69, 9.17) is 5.73 Å². The zero-order valence-electron chi connectivity index (χ0n) is 12.1. The third kappa shape index (κ3) is 5.30. The van der Waals surface area contributed by atoms with Crippen LogP contribution in [0.3, 0.4) is 0 Å². The molecule has 0 fully saturated rings. The van der Waals surface area contributed by atoms with Crippen molar-refractivity contribution in [2.75, 3.05) is 11.9 Å². The van der Waals surface area contributed by atoms with Crippen molar-refractivity contribution in [1.82, 2.24) is 5.32 Å². The number of amides is 2. The number of nitrogens with two attached hydrogens (primary N) is 1. The molecule has 4 N–H and O–H groups in total. The Balaban J connectivity index is 2.39. The van der Waals surface area contributed by atoms with Crippen molar-refractivity contribution in [3.05, 3.63) is 29.8 Å². The lowest BCUT2D eigenvalue weighted by Crippen LogP contribution is -2.43. The second kappa shape index (κ2) is 7.79. The lowest BCUT2D eigenvalue weighted by atomic mass is 9.95. The molecule has 0 aliphatic heterocycles. The predicted octanol–water partition coefficient (Wildman–Crippen LogP) is 2.88. The van der Waals surface area contributed by atoms with Crippen LogP contribution in [0.5, 0.6) is 0 Å². The van der Waals surface area contributed by atoms with Crippen LogP contribution in [0.1, 0.15) is 32.3 Å². The molecule has 1 atom stereocenters. The summed E-state index contributed by atoms with van der Waals surface area (Å²) in [5, 5.41) is 5.63. The SMILES string of the molecule is CCC(CC)C(N)CNC(=O)Nc1cccc(C)c1. The normalized spacial score (nSPS) is 12.3. The van der Waals surface area contributed by atoms with Crippen LogP contribution in [0, 0.1) is 12.8 Å². The van der Waals surface area contributed by atoms with Crippen molar-refractivity contribution in [2.45, 2.75) is 39.7 Å². The summed E-state index contributed by atoms with van der Waals surface area (Å²) >= 11 is 0. The summed E-state index contributed by atoms with van der Waals surface area (Å²) in [6.07, 6.45) is 2.08.